The van der Waals surface area contributed by atoms with E-state index in [1.54, 1.807) is 0 Å². The molecule has 102 valence electrons. The Hall–Kier alpha value is -0.120. The molecule has 1 rings (SSSR count). The van der Waals surface area contributed by atoms with Crippen molar-refractivity contribution in [2.75, 3.05) is 32.8 Å². The van der Waals surface area contributed by atoms with Gasteiger partial charge in [-0.05, 0) is 24.7 Å². The molecule has 1 atom stereocenters. The molecule has 0 amide bonds. The monoisotopic (exact) mass is 243 g/mol. The molecule has 1 N–H and O–H groups in total. The SMILES string of the molecule is CC(C)(C)CCC[C@H](O)CCN1CCOCC1. The van der Waals surface area contributed by atoms with Crippen molar-refractivity contribution in [2.45, 2.75) is 52.6 Å². The van der Waals surface area contributed by atoms with Crippen molar-refractivity contribution in [3.63, 3.8) is 0 Å². The molecule has 0 radical (unpaired) electrons. The number of nitrogens with zero attached hydrogens (tertiary/aromatic N) is 1. The lowest BCUT2D eigenvalue weighted by Crippen LogP contribution is -2.37. The Morgan fingerprint density at radius 1 is 1.18 bits per heavy atom. The van der Waals surface area contributed by atoms with E-state index in [0.717, 1.165) is 52.1 Å². The summed E-state index contributed by atoms with van der Waals surface area (Å²) < 4.78 is 5.30. The summed E-state index contributed by atoms with van der Waals surface area (Å²) in [7, 11) is 0. The van der Waals surface area contributed by atoms with Gasteiger partial charge in [0.05, 0.1) is 19.3 Å². The third-order valence-corrected chi connectivity index (χ3v) is 3.35. The maximum absolute atomic E-state index is 9.92. The van der Waals surface area contributed by atoms with E-state index in [2.05, 4.69) is 25.7 Å². The van der Waals surface area contributed by atoms with Gasteiger partial charge in [-0.2, -0.15) is 0 Å². The molecule has 0 bridgehead atoms. The van der Waals surface area contributed by atoms with Crippen molar-refractivity contribution < 1.29 is 9.84 Å². The van der Waals surface area contributed by atoms with Crippen LogP contribution in [0.15, 0.2) is 0 Å². The molecule has 1 heterocycles. The topological polar surface area (TPSA) is 32.7 Å². The Kier molecular flexibility index (Phi) is 6.45. The lowest BCUT2D eigenvalue weighted by atomic mass is 9.89. The van der Waals surface area contributed by atoms with Crippen LogP contribution in [0.4, 0.5) is 0 Å². The first-order chi connectivity index (χ1) is 7.97. The Bertz CT molecular complexity index is 195. The van der Waals surface area contributed by atoms with Crippen LogP contribution < -0.4 is 0 Å². The highest BCUT2D eigenvalue weighted by Gasteiger charge is 2.14. The summed E-state index contributed by atoms with van der Waals surface area (Å²) >= 11 is 0. The van der Waals surface area contributed by atoms with Crippen LogP contribution in [0.3, 0.4) is 0 Å². The molecule has 0 aromatic heterocycles. The van der Waals surface area contributed by atoms with Crippen LogP contribution in [0.5, 0.6) is 0 Å². The van der Waals surface area contributed by atoms with Gasteiger partial charge in [-0.1, -0.05) is 27.2 Å². The number of ether oxygens (including phenoxy) is 1. The molecule has 3 heteroatoms. The van der Waals surface area contributed by atoms with E-state index < -0.39 is 0 Å². The molecule has 0 aromatic rings. The summed E-state index contributed by atoms with van der Waals surface area (Å²) in [6.07, 6.45) is 4.06. The van der Waals surface area contributed by atoms with Gasteiger partial charge in [0.2, 0.25) is 0 Å². The lowest BCUT2D eigenvalue weighted by molar-refractivity contribution is 0.0292. The van der Waals surface area contributed by atoms with E-state index in [4.69, 9.17) is 4.74 Å². The zero-order valence-electron chi connectivity index (χ0n) is 11.7. The maximum Gasteiger partial charge on any atom is 0.0594 e. The molecular weight excluding hydrogens is 214 g/mol. The number of aliphatic hydroxyl groups excluding tert-OH is 1. The summed E-state index contributed by atoms with van der Waals surface area (Å²) in [5.41, 5.74) is 0.393. The molecule has 0 aliphatic carbocycles. The van der Waals surface area contributed by atoms with Crippen molar-refractivity contribution in [3.8, 4) is 0 Å². The summed E-state index contributed by atoms with van der Waals surface area (Å²) in [5.74, 6) is 0. The molecule has 1 aliphatic heterocycles. The summed E-state index contributed by atoms with van der Waals surface area (Å²) in [6.45, 7) is 11.5. The molecular formula is C14H29NO2. The molecule has 0 saturated carbocycles. The highest BCUT2D eigenvalue weighted by atomic mass is 16.5. The van der Waals surface area contributed by atoms with Crippen LogP contribution in [0.2, 0.25) is 0 Å². The van der Waals surface area contributed by atoms with Crippen LogP contribution in [0.1, 0.15) is 46.5 Å². The standard InChI is InChI=1S/C14H29NO2/c1-14(2,3)7-4-5-13(16)6-8-15-9-11-17-12-10-15/h13,16H,4-12H2,1-3H3/t13-/m0/s1. The molecule has 0 unspecified atom stereocenters. The van der Waals surface area contributed by atoms with Crippen LogP contribution in [-0.4, -0.2) is 49.0 Å². The molecule has 0 spiro atoms. The maximum atomic E-state index is 9.92. The summed E-state index contributed by atoms with van der Waals surface area (Å²) in [6, 6.07) is 0. The van der Waals surface area contributed by atoms with Crippen LogP contribution >= 0.6 is 0 Å². The van der Waals surface area contributed by atoms with Crippen LogP contribution in [-0.2, 0) is 4.74 Å². The Balaban J connectivity index is 2.02. The van der Waals surface area contributed by atoms with E-state index in [9.17, 15) is 5.11 Å². The van der Waals surface area contributed by atoms with Gasteiger partial charge >= 0.3 is 0 Å². The van der Waals surface area contributed by atoms with Gasteiger partial charge in [0, 0.05) is 19.6 Å². The smallest absolute Gasteiger partial charge is 0.0594 e. The van der Waals surface area contributed by atoms with Crippen LogP contribution in [0, 0.1) is 5.41 Å². The fourth-order valence-electron chi connectivity index (χ4n) is 2.17. The van der Waals surface area contributed by atoms with E-state index >= 15 is 0 Å². The van der Waals surface area contributed by atoms with Crippen molar-refractivity contribution in [2.24, 2.45) is 5.41 Å². The predicted octanol–water partition coefficient (Wildman–Crippen LogP) is 2.29. The second kappa shape index (κ2) is 7.34. The Morgan fingerprint density at radius 2 is 1.82 bits per heavy atom. The Morgan fingerprint density at radius 3 is 2.41 bits per heavy atom. The lowest BCUT2D eigenvalue weighted by Gasteiger charge is -2.27. The average molecular weight is 243 g/mol. The van der Waals surface area contributed by atoms with Crippen molar-refractivity contribution in [3.05, 3.63) is 0 Å². The Labute approximate surface area is 106 Å². The zero-order chi connectivity index (χ0) is 12.7. The first-order valence-electron chi connectivity index (χ1n) is 6.95. The van der Waals surface area contributed by atoms with Gasteiger partial charge in [0.15, 0.2) is 0 Å². The number of hydrogen-bond acceptors (Lipinski definition) is 3. The molecule has 1 fully saturated rings. The van der Waals surface area contributed by atoms with Crippen molar-refractivity contribution in [1.82, 2.24) is 4.90 Å². The molecule has 1 saturated heterocycles. The third-order valence-electron chi connectivity index (χ3n) is 3.35. The van der Waals surface area contributed by atoms with Gasteiger partial charge in [-0.15, -0.1) is 0 Å². The van der Waals surface area contributed by atoms with Crippen molar-refractivity contribution >= 4 is 0 Å². The predicted molar refractivity (Wildman–Crippen MR) is 71.2 cm³/mol. The highest BCUT2D eigenvalue weighted by molar-refractivity contribution is 4.67. The normalized spacial score (nSPS) is 20.5. The largest absolute Gasteiger partial charge is 0.393 e. The summed E-state index contributed by atoms with van der Waals surface area (Å²) in [4.78, 5) is 2.39. The minimum atomic E-state index is -0.125. The number of rotatable bonds is 6. The van der Waals surface area contributed by atoms with Gasteiger partial charge in [-0.3, -0.25) is 4.90 Å². The van der Waals surface area contributed by atoms with E-state index in [-0.39, 0.29) is 6.10 Å². The minimum Gasteiger partial charge on any atom is -0.393 e. The molecule has 3 nitrogen and oxygen atoms in total. The summed E-state index contributed by atoms with van der Waals surface area (Å²) in [5, 5.41) is 9.92. The highest BCUT2D eigenvalue weighted by Crippen LogP contribution is 2.22. The van der Waals surface area contributed by atoms with Gasteiger partial charge in [-0.25, -0.2) is 0 Å². The van der Waals surface area contributed by atoms with E-state index in [0.29, 0.717) is 5.41 Å². The van der Waals surface area contributed by atoms with Gasteiger partial charge in [0.1, 0.15) is 0 Å². The number of morpholine rings is 1. The number of hydrogen-bond donors (Lipinski definition) is 1. The zero-order valence-corrected chi connectivity index (χ0v) is 11.7. The van der Waals surface area contributed by atoms with Gasteiger partial charge in [0.25, 0.3) is 0 Å². The fraction of sp³-hybridized carbons (Fsp3) is 1.00. The molecule has 1 aliphatic rings. The quantitative estimate of drug-likeness (QED) is 0.777. The first-order valence-corrected chi connectivity index (χ1v) is 6.95. The van der Waals surface area contributed by atoms with E-state index in [1.807, 2.05) is 0 Å². The fourth-order valence-corrected chi connectivity index (χ4v) is 2.17. The first kappa shape index (κ1) is 14.9. The van der Waals surface area contributed by atoms with E-state index in [1.165, 1.54) is 6.42 Å². The number of aliphatic hydroxyl groups is 1. The second-order valence-electron chi connectivity index (χ2n) is 6.35. The van der Waals surface area contributed by atoms with Gasteiger partial charge < -0.3 is 9.84 Å². The molecule has 0 aromatic carbocycles. The average Bonchev–Trinajstić information content (AvgIpc) is 2.26. The third kappa shape index (κ3) is 7.74. The minimum absolute atomic E-state index is 0.125. The van der Waals surface area contributed by atoms with Crippen LogP contribution in [0.25, 0.3) is 0 Å². The second-order valence-corrected chi connectivity index (χ2v) is 6.35. The van der Waals surface area contributed by atoms with Crippen molar-refractivity contribution in [1.29, 1.82) is 0 Å². The molecule has 17 heavy (non-hydrogen) atoms.